The fourth-order valence-electron chi connectivity index (χ4n) is 2.13. The van der Waals surface area contributed by atoms with Crippen molar-refractivity contribution in [1.29, 1.82) is 0 Å². The van der Waals surface area contributed by atoms with E-state index in [1.807, 2.05) is 6.07 Å². The molecule has 1 aliphatic rings. The van der Waals surface area contributed by atoms with Crippen LogP contribution in [0.2, 0.25) is 0 Å². The van der Waals surface area contributed by atoms with Gasteiger partial charge in [0.2, 0.25) is 0 Å². The molecule has 0 amide bonds. The zero-order chi connectivity index (χ0) is 9.97. The van der Waals surface area contributed by atoms with Gasteiger partial charge in [0.05, 0.1) is 0 Å². The van der Waals surface area contributed by atoms with Crippen LogP contribution < -0.4 is 4.90 Å². The Morgan fingerprint density at radius 2 is 2.21 bits per heavy atom. The maximum absolute atomic E-state index is 9.47. The summed E-state index contributed by atoms with van der Waals surface area (Å²) in [5.74, 6) is 0.379. The van der Waals surface area contributed by atoms with Crippen LogP contribution in [0.5, 0.6) is 5.75 Å². The fourth-order valence-corrected chi connectivity index (χ4v) is 2.13. The molecule has 2 rings (SSSR count). The first-order valence-corrected chi connectivity index (χ1v) is 5.38. The number of fused-ring (bicyclic) bond motifs is 1. The van der Waals surface area contributed by atoms with E-state index in [1.165, 1.54) is 24.1 Å². The van der Waals surface area contributed by atoms with Crippen molar-refractivity contribution in [3.63, 3.8) is 0 Å². The van der Waals surface area contributed by atoms with Crippen molar-refractivity contribution in [3.05, 3.63) is 23.8 Å². The summed E-state index contributed by atoms with van der Waals surface area (Å²) in [6.45, 7) is 4.31. The first-order valence-electron chi connectivity index (χ1n) is 5.38. The van der Waals surface area contributed by atoms with E-state index in [0.29, 0.717) is 5.75 Å². The van der Waals surface area contributed by atoms with E-state index in [1.54, 1.807) is 6.07 Å². The van der Waals surface area contributed by atoms with E-state index in [0.717, 1.165) is 19.5 Å². The molecular weight excluding hydrogens is 174 g/mol. The second-order valence-corrected chi connectivity index (χ2v) is 3.85. The molecule has 14 heavy (non-hydrogen) atoms. The summed E-state index contributed by atoms with van der Waals surface area (Å²) in [6.07, 6.45) is 3.66. The van der Waals surface area contributed by atoms with Crippen LogP contribution >= 0.6 is 0 Å². The van der Waals surface area contributed by atoms with Gasteiger partial charge in [-0.15, -0.1) is 0 Å². The Labute approximate surface area is 85.2 Å². The normalized spacial score (nSPS) is 16.2. The van der Waals surface area contributed by atoms with Crippen molar-refractivity contribution in [2.45, 2.75) is 26.2 Å². The van der Waals surface area contributed by atoms with E-state index >= 15 is 0 Å². The number of aryl methyl sites for hydroxylation is 1. The monoisotopic (exact) mass is 191 g/mol. The molecule has 0 saturated carbocycles. The Hall–Kier alpha value is -1.18. The van der Waals surface area contributed by atoms with Gasteiger partial charge in [-0.2, -0.15) is 0 Å². The number of rotatable bonds is 1. The average Bonchev–Trinajstić information content (AvgIpc) is 2.39. The van der Waals surface area contributed by atoms with Crippen LogP contribution in [0.25, 0.3) is 0 Å². The lowest BCUT2D eigenvalue weighted by Gasteiger charge is -2.23. The van der Waals surface area contributed by atoms with Crippen LogP contribution in [-0.4, -0.2) is 18.2 Å². The number of aromatic hydroxyl groups is 1. The SMILES string of the molecule is CCN1CCCCc2ccc(O)cc21. The van der Waals surface area contributed by atoms with E-state index < -0.39 is 0 Å². The Kier molecular flexibility index (Phi) is 2.62. The molecular formula is C12H17NO. The lowest BCUT2D eigenvalue weighted by molar-refractivity contribution is 0.475. The summed E-state index contributed by atoms with van der Waals surface area (Å²) in [7, 11) is 0. The molecule has 1 heterocycles. The maximum atomic E-state index is 9.47. The molecule has 2 nitrogen and oxygen atoms in total. The highest BCUT2D eigenvalue weighted by molar-refractivity contribution is 5.57. The van der Waals surface area contributed by atoms with Gasteiger partial charge in [0, 0.05) is 24.8 Å². The topological polar surface area (TPSA) is 23.5 Å². The standard InChI is InChI=1S/C12H17NO/c1-2-13-8-4-3-5-10-6-7-11(14)9-12(10)13/h6-7,9,14H,2-5,8H2,1H3. The van der Waals surface area contributed by atoms with Crippen LogP contribution in [0, 0.1) is 0 Å². The molecule has 0 fully saturated rings. The number of nitrogens with zero attached hydrogens (tertiary/aromatic N) is 1. The van der Waals surface area contributed by atoms with Crippen molar-refractivity contribution in [2.24, 2.45) is 0 Å². The number of hydrogen-bond acceptors (Lipinski definition) is 2. The van der Waals surface area contributed by atoms with E-state index in [-0.39, 0.29) is 0 Å². The predicted molar refractivity (Wildman–Crippen MR) is 58.9 cm³/mol. The number of hydrogen-bond donors (Lipinski definition) is 1. The minimum atomic E-state index is 0.379. The molecule has 0 spiro atoms. The molecule has 0 aromatic heterocycles. The predicted octanol–water partition coefficient (Wildman–Crippen LogP) is 2.55. The van der Waals surface area contributed by atoms with Crippen LogP contribution in [0.1, 0.15) is 25.3 Å². The van der Waals surface area contributed by atoms with E-state index in [2.05, 4.69) is 17.9 Å². The third-order valence-corrected chi connectivity index (χ3v) is 2.92. The van der Waals surface area contributed by atoms with Gasteiger partial charge >= 0.3 is 0 Å². The highest BCUT2D eigenvalue weighted by Crippen LogP contribution is 2.29. The lowest BCUT2D eigenvalue weighted by Crippen LogP contribution is -2.23. The largest absolute Gasteiger partial charge is 0.508 e. The highest BCUT2D eigenvalue weighted by atomic mass is 16.3. The van der Waals surface area contributed by atoms with Crippen LogP contribution in [0.3, 0.4) is 0 Å². The molecule has 0 bridgehead atoms. The van der Waals surface area contributed by atoms with Crippen molar-refractivity contribution in [3.8, 4) is 5.75 Å². The van der Waals surface area contributed by atoms with Crippen molar-refractivity contribution in [2.75, 3.05) is 18.0 Å². The van der Waals surface area contributed by atoms with Gasteiger partial charge in [-0.25, -0.2) is 0 Å². The number of anilines is 1. The number of phenolic OH excluding ortho intramolecular Hbond substituents is 1. The Balaban J connectivity index is 2.40. The van der Waals surface area contributed by atoms with Crippen molar-refractivity contribution < 1.29 is 5.11 Å². The smallest absolute Gasteiger partial charge is 0.117 e. The van der Waals surface area contributed by atoms with Gasteiger partial charge in [0.25, 0.3) is 0 Å². The average molecular weight is 191 g/mol. The molecule has 76 valence electrons. The zero-order valence-electron chi connectivity index (χ0n) is 8.66. The third-order valence-electron chi connectivity index (χ3n) is 2.92. The first kappa shape index (κ1) is 9.38. The fraction of sp³-hybridized carbons (Fsp3) is 0.500. The summed E-state index contributed by atoms with van der Waals surface area (Å²) in [6, 6.07) is 5.74. The number of benzene rings is 1. The minimum Gasteiger partial charge on any atom is -0.508 e. The molecule has 0 radical (unpaired) electrons. The lowest BCUT2D eigenvalue weighted by atomic mass is 10.1. The Morgan fingerprint density at radius 3 is 3.00 bits per heavy atom. The first-order chi connectivity index (χ1) is 6.81. The molecule has 0 saturated heterocycles. The van der Waals surface area contributed by atoms with E-state index in [4.69, 9.17) is 0 Å². The molecule has 2 heteroatoms. The second kappa shape index (κ2) is 3.91. The second-order valence-electron chi connectivity index (χ2n) is 3.85. The van der Waals surface area contributed by atoms with Gasteiger partial charge < -0.3 is 10.0 Å². The Morgan fingerprint density at radius 1 is 1.36 bits per heavy atom. The quantitative estimate of drug-likeness (QED) is 0.737. The molecule has 1 aromatic carbocycles. The molecule has 0 aliphatic carbocycles. The third kappa shape index (κ3) is 1.69. The maximum Gasteiger partial charge on any atom is 0.117 e. The van der Waals surface area contributed by atoms with Gasteiger partial charge in [-0.3, -0.25) is 0 Å². The van der Waals surface area contributed by atoms with Crippen LogP contribution in [0.15, 0.2) is 18.2 Å². The van der Waals surface area contributed by atoms with Gasteiger partial charge in [-0.05, 0) is 37.8 Å². The van der Waals surface area contributed by atoms with Gasteiger partial charge in [0.15, 0.2) is 0 Å². The highest BCUT2D eigenvalue weighted by Gasteiger charge is 2.13. The summed E-state index contributed by atoms with van der Waals surface area (Å²) in [5, 5.41) is 9.47. The molecule has 0 unspecified atom stereocenters. The molecule has 1 aliphatic heterocycles. The summed E-state index contributed by atoms with van der Waals surface area (Å²) in [5.41, 5.74) is 2.60. The Bertz CT molecular complexity index is 322. The van der Waals surface area contributed by atoms with Crippen LogP contribution in [-0.2, 0) is 6.42 Å². The number of phenols is 1. The molecule has 1 aromatic rings. The summed E-state index contributed by atoms with van der Waals surface area (Å²) < 4.78 is 0. The summed E-state index contributed by atoms with van der Waals surface area (Å²) >= 11 is 0. The molecule has 1 N–H and O–H groups in total. The minimum absolute atomic E-state index is 0.379. The van der Waals surface area contributed by atoms with Crippen molar-refractivity contribution >= 4 is 5.69 Å². The van der Waals surface area contributed by atoms with Crippen molar-refractivity contribution in [1.82, 2.24) is 0 Å². The zero-order valence-corrected chi connectivity index (χ0v) is 8.66. The van der Waals surface area contributed by atoms with Crippen LogP contribution in [0.4, 0.5) is 5.69 Å². The molecule has 0 atom stereocenters. The summed E-state index contributed by atoms with van der Waals surface area (Å²) in [4.78, 5) is 2.35. The van der Waals surface area contributed by atoms with Gasteiger partial charge in [-0.1, -0.05) is 6.07 Å². The van der Waals surface area contributed by atoms with E-state index in [9.17, 15) is 5.11 Å². The van der Waals surface area contributed by atoms with Gasteiger partial charge in [0.1, 0.15) is 5.75 Å².